The Kier molecular flexibility index (Phi) is 2.04. The Hall–Kier alpha value is -1.71. The molecule has 4 nitrogen and oxygen atoms in total. The highest BCUT2D eigenvalue weighted by atomic mass is 16.7. The van der Waals surface area contributed by atoms with E-state index in [1.165, 1.54) is 0 Å². The number of ether oxygens (including phenoxy) is 2. The van der Waals surface area contributed by atoms with E-state index < -0.39 is 5.91 Å². The first-order valence-electron chi connectivity index (χ1n) is 4.22. The molecule has 4 heteroatoms. The van der Waals surface area contributed by atoms with Crippen molar-refractivity contribution >= 4 is 5.91 Å². The number of carbonyl (C=O) groups is 1. The maximum Gasteiger partial charge on any atom is 0.231 e. The number of rotatable bonds is 2. The first-order chi connectivity index (χ1) is 6.68. The fourth-order valence-electron chi connectivity index (χ4n) is 1.27. The lowest BCUT2D eigenvalue weighted by molar-refractivity contribution is -0.115. The van der Waals surface area contributed by atoms with E-state index in [2.05, 4.69) is 0 Å². The van der Waals surface area contributed by atoms with Crippen molar-refractivity contribution in [3.63, 3.8) is 0 Å². The Morgan fingerprint density at radius 2 is 2.07 bits per heavy atom. The van der Waals surface area contributed by atoms with Crippen LogP contribution in [0.15, 0.2) is 18.2 Å². The molecule has 1 amide bonds. The van der Waals surface area contributed by atoms with Gasteiger partial charge < -0.3 is 15.2 Å². The van der Waals surface area contributed by atoms with Crippen LogP contribution in [0.3, 0.4) is 0 Å². The smallest absolute Gasteiger partial charge is 0.231 e. The molecule has 14 heavy (non-hydrogen) atoms. The normalized spacial score (nSPS) is 13.3. The van der Waals surface area contributed by atoms with Crippen LogP contribution in [-0.4, -0.2) is 12.7 Å². The average Bonchev–Trinajstić information content (AvgIpc) is 2.62. The van der Waals surface area contributed by atoms with Gasteiger partial charge in [0, 0.05) is 0 Å². The van der Waals surface area contributed by atoms with Gasteiger partial charge in [-0.3, -0.25) is 4.79 Å². The number of primary amides is 1. The summed E-state index contributed by atoms with van der Waals surface area (Å²) in [4.78, 5) is 10.9. The van der Waals surface area contributed by atoms with E-state index in [4.69, 9.17) is 15.2 Å². The summed E-state index contributed by atoms with van der Waals surface area (Å²) in [5, 5.41) is 0. The summed E-state index contributed by atoms with van der Waals surface area (Å²) in [6, 6.07) is 5.31. The number of nitrogens with two attached hydrogens (primary N) is 1. The highest BCUT2D eigenvalue weighted by molar-refractivity contribution is 5.92. The topological polar surface area (TPSA) is 61.6 Å². The van der Waals surface area contributed by atoms with Gasteiger partial charge in [-0.2, -0.15) is 0 Å². The van der Waals surface area contributed by atoms with Crippen molar-refractivity contribution in [2.45, 2.75) is 6.92 Å². The summed E-state index contributed by atoms with van der Waals surface area (Å²) < 4.78 is 10.3. The van der Waals surface area contributed by atoms with Crippen molar-refractivity contribution in [2.75, 3.05) is 6.79 Å². The van der Waals surface area contributed by atoms with Gasteiger partial charge in [0.15, 0.2) is 11.5 Å². The molecule has 0 aliphatic carbocycles. The maximum atomic E-state index is 10.9. The minimum Gasteiger partial charge on any atom is -0.454 e. The molecule has 0 spiro atoms. The van der Waals surface area contributed by atoms with E-state index in [0.717, 1.165) is 5.56 Å². The molecule has 73 valence electrons. The fourth-order valence-corrected chi connectivity index (χ4v) is 1.27. The van der Waals surface area contributed by atoms with Crippen LogP contribution in [0.2, 0.25) is 0 Å². The molecule has 1 aliphatic rings. The molecule has 0 atom stereocenters. The molecule has 0 unspecified atom stereocenters. The van der Waals surface area contributed by atoms with E-state index >= 15 is 0 Å². The minimum absolute atomic E-state index is 0.231. The van der Waals surface area contributed by atoms with Crippen molar-refractivity contribution in [2.24, 2.45) is 5.73 Å². The molecule has 1 heterocycles. The molecule has 1 aromatic carbocycles. The second-order valence-electron chi connectivity index (χ2n) is 3.06. The van der Waals surface area contributed by atoms with Gasteiger partial charge >= 0.3 is 0 Å². The monoisotopic (exact) mass is 192 g/mol. The Balaban J connectivity index is 2.33. The molecule has 1 aromatic rings. The molecule has 1 aliphatic heterocycles. The number of hydrogen-bond donors (Lipinski definition) is 1. The molecule has 0 fully saturated rings. The molecule has 0 bridgehead atoms. The molecular formula is C10H10NO3. The third-order valence-corrected chi connectivity index (χ3v) is 2.18. The fraction of sp³-hybridized carbons (Fsp3) is 0.200. The molecule has 1 radical (unpaired) electrons. The third-order valence-electron chi connectivity index (χ3n) is 2.18. The minimum atomic E-state index is -0.427. The second kappa shape index (κ2) is 3.21. The lowest BCUT2D eigenvalue weighted by Crippen LogP contribution is -2.19. The van der Waals surface area contributed by atoms with Gasteiger partial charge in [0.25, 0.3) is 0 Å². The molecule has 2 rings (SSSR count). The number of benzene rings is 1. The predicted octanol–water partition coefficient (Wildman–Crippen LogP) is 0.843. The average molecular weight is 192 g/mol. The predicted molar refractivity (Wildman–Crippen MR) is 49.8 cm³/mol. The van der Waals surface area contributed by atoms with Gasteiger partial charge in [-0.25, -0.2) is 0 Å². The van der Waals surface area contributed by atoms with Crippen molar-refractivity contribution in [3.05, 3.63) is 29.7 Å². The number of fused-ring (bicyclic) bond motifs is 1. The van der Waals surface area contributed by atoms with Gasteiger partial charge in [-0.05, 0) is 24.6 Å². The van der Waals surface area contributed by atoms with Crippen molar-refractivity contribution in [1.29, 1.82) is 0 Å². The van der Waals surface area contributed by atoms with Crippen LogP contribution in [0.4, 0.5) is 0 Å². The van der Waals surface area contributed by atoms with Crippen LogP contribution < -0.4 is 15.2 Å². The van der Waals surface area contributed by atoms with Crippen LogP contribution >= 0.6 is 0 Å². The van der Waals surface area contributed by atoms with Crippen molar-refractivity contribution in [3.8, 4) is 11.5 Å². The van der Waals surface area contributed by atoms with E-state index in [9.17, 15) is 4.79 Å². The summed E-state index contributed by atoms with van der Waals surface area (Å²) in [7, 11) is 0. The van der Waals surface area contributed by atoms with E-state index in [1.54, 1.807) is 25.1 Å². The number of carbonyl (C=O) groups excluding carboxylic acids is 1. The van der Waals surface area contributed by atoms with Gasteiger partial charge in [0.1, 0.15) is 0 Å². The SMILES string of the molecule is C[C](C(N)=O)c1ccc2c(c1)OCO2. The molecule has 0 saturated carbocycles. The number of hydrogen-bond acceptors (Lipinski definition) is 3. The number of amides is 1. The third kappa shape index (κ3) is 1.39. The molecular weight excluding hydrogens is 182 g/mol. The summed E-state index contributed by atoms with van der Waals surface area (Å²) in [6.07, 6.45) is 0. The molecule has 2 N–H and O–H groups in total. The van der Waals surface area contributed by atoms with E-state index in [0.29, 0.717) is 17.4 Å². The van der Waals surface area contributed by atoms with Gasteiger partial charge in [-0.1, -0.05) is 6.07 Å². The van der Waals surface area contributed by atoms with Crippen LogP contribution in [-0.2, 0) is 4.79 Å². The van der Waals surface area contributed by atoms with Crippen molar-refractivity contribution in [1.82, 2.24) is 0 Å². The second-order valence-corrected chi connectivity index (χ2v) is 3.06. The van der Waals surface area contributed by atoms with Crippen molar-refractivity contribution < 1.29 is 14.3 Å². The Labute approximate surface area is 81.6 Å². The van der Waals surface area contributed by atoms with Gasteiger partial charge in [0.05, 0.1) is 5.92 Å². The zero-order valence-corrected chi connectivity index (χ0v) is 7.74. The Bertz CT molecular complexity index is 376. The summed E-state index contributed by atoms with van der Waals surface area (Å²) in [5.41, 5.74) is 5.93. The first kappa shape index (κ1) is 8.87. The van der Waals surface area contributed by atoms with Gasteiger partial charge in [0.2, 0.25) is 12.7 Å². The van der Waals surface area contributed by atoms with Gasteiger partial charge in [-0.15, -0.1) is 0 Å². The quantitative estimate of drug-likeness (QED) is 0.755. The highest BCUT2D eigenvalue weighted by Gasteiger charge is 2.18. The lowest BCUT2D eigenvalue weighted by Gasteiger charge is -2.06. The Morgan fingerprint density at radius 3 is 2.79 bits per heavy atom. The van der Waals surface area contributed by atoms with Crippen LogP contribution in [0, 0.1) is 5.92 Å². The van der Waals surface area contributed by atoms with E-state index in [-0.39, 0.29) is 6.79 Å². The maximum absolute atomic E-state index is 10.9. The lowest BCUT2D eigenvalue weighted by atomic mass is 10.0. The highest BCUT2D eigenvalue weighted by Crippen LogP contribution is 2.34. The zero-order chi connectivity index (χ0) is 10.1. The van der Waals surface area contributed by atoms with Crippen LogP contribution in [0.1, 0.15) is 12.5 Å². The van der Waals surface area contributed by atoms with Crippen LogP contribution in [0.25, 0.3) is 0 Å². The van der Waals surface area contributed by atoms with Crippen LogP contribution in [0.5, 0.6) is 11.5 Å². The first-order valence-corrected chi connectivity index (χ1v) is 4.22. The Morgan fingerprint density at radius 1 is 1.36 bits per heavy atom. The molecule has 0 saturated heterocycles. The summed E-state index contributed by atoms with van der Waals surface area (Å²) in [5.74, 6) is 1.45. The van der Waals surface area contributed by atoms with E-state index in [1.807, 2.05) is 0 Å². The zero-order valence-electron chi connectivity index (χ0n) is 7.74. The summed E-state index contributed by atoms with van der Waals surface area (Å²) >= 11 is 0. The largest absolute Gasteiger partial charge is 0.454 e. The molecule has 0 aromatic heterocycles. The summed E-state index contributed by atoms with van der Waals surface area (Å²) in [6.45, 7) is 1.91. The standard InChI is InChI=1S/C10H10NO3/c1-6(10(11)12)7-2-3-8-9(4-7)14-5-13-8/h2-4H,5H2,1H3,(H2,11,12).